The van der Waals surface area contributed by atoms with Crippen LogP contribution in [-0.2, 0) is 4.79 Å². The molecular weight excluding hydrogens is 545 g/mol. The number of carbonyl (C=O) groups is 1. The van der Waals surface area contributed by atoms with Gasteiger partial charge in [-0.1, -0.05) is 60.7 Å². The summed E-state index contributed by atoms with van der Waals surface area (Å²) in [6.07, 6.45) is -3.57. The van der Waals surface area contributed by atoms with E-state index < -0.39 is 41.6 Å². The molecule has 3 heterocycles. The molecule has 8 nitrogen and oxygen atoms in total. The lowest BCUT2D eigenvalue weighted by molar-refractivity contribution is -0.192. The van der Waals surface area contributed by atoms with E-state index >= 15 is 0 Å². The number of amides is 1. The number of aliphatic hydroxyl groups excluding tert-OH is 1. The Morgan fingerprint density at radius 2 is 1.67 bits per heavy atom. The molecule has 4 N–H and O–H groups in total. The summed E-state index contributed by atoms with van der Waals surface area (Å²) in [6, 6.07) is 21.3. The topological polar surface area (TPSA) is 125 Å². The molecule has 11 heteroatoms. The molecule has 1 fully saturated rings. The maximum atomic E-state index is 14.5. The molecule has 0 saturated carbocycles. The molecule has 2 aromatic carbocycles. The molecule has 216 valence electrons. The Morgan fingerprint density at radius 1 is 1.07 bits per heavy atom. The minimum Gasteiger partial charge on any atom is -0.382 e. The molecule has 0 aliphatic carbocycles. The van der Waals surface area contributed by atoms with E-state index in [0.717, 1.165) is 16.8 Å². The Kier molecular flexibility index (Phi) is 8.27. The van der Waals surface area contributed by atoms with Crippen LogP contribution in [0.4, 0.5) is 18.9 Å². The molecule has 42 heavy (non-hydrogen) atoms. The minimum absolute atomic E-state index is 0.233. The van der Waals surface area contributed by atoms with Crippen LogP contribution < -0.4 is 15.5 Å². The van der Waals surface area contributed by atoms with Gasteiger partial charge in [0, 0.05) is 36.5 Å². The van der Waals surface area contributed by atoms with Crippen LogP contribution in [0.1, 0.15) is 35.6 Å². The molecule has 2 atom stereocenters. The Hall–Kier alpha value is -4.69. The number of halogens is 3. The van der Waals surface area contributed by atoms with Gasteiger partial charge in [0.2, 0.25) is 0 Å². The molecule has 5 rings (SSSR count). The first-order chi connectivity index (χ1) is 20.2. The number of alkyl halides is 3. The van der Waals surface area contributed by atoms with Gasteiger partial charge in [0.15, 0.2) is 0 Å². The maximum Gasteiger partial charge on any atom is 0.398 e. The number of hydrogen-bond donors (Lipinski definition) is 4. The van der Waals surface area contributed by atoms with E-state index in [1.54, 1.807) is 12.3 Å². The third kappa shape index (κ3) is 5.99. The van der Waals surface area contributed by atoms with Crippen molar-refractivity contribution in [1.29, 1.82) is 10.7 Å². The fourth-order valence-corrected chi connectivity index (χ4v) is 5.59. The minimum atomic E-state index is -4.98. The van der Waals surface area contributed by atoms with Crippen molar-refractivity contribution in [3.8, 4) is 6.07 Å². The highest BCUT2D eigenvalue weighted by atomic mass is 19.4. The summed E-state index contributed by atoms with van der Waals surface area (Å²) < 4.78 is 43.5. The number of aliphatic hydroxyl groups is 1. The van der Waals surface area contributed by atoms with Crippen LogP contribution in [0, 0.1) is 28.6 Å². The Bertz CT molecular complexity index is 1470. The van der Waals surface area contributed by atoms with E-state index in [4.69, 9.17) is 5.41 Å². The van der Waals surface area contributed by atoms with E-state index in [9.17, 15) is 28.3 Å². The fourth-order valence-electron chi connectivity index (χ4n) is 5.59. The molecule has 0 unspecified atom stereocenters. The predicted octanol–water partition coefficient (Wildman–Crippen LogP) is 4.45. The van der Waals surface area contributed by atoms with E-state index in [2.05, 4.69) is 15.6 Å². The highest BCUT2D eigenvalue weighted by molar-refractivity contribution is 6.03. The van der Waals surface area contributed by atoms with Gasteiger partial charge in [0.05, 0.1) is 23.5 Å². The molecule has 2 aliphatic rings. The van der Waals surface area contributed by atoms with Gasteiger partial charge in [-0.05, 0) is 30.0 Å². The first-order valence-corrected chi connectivity index (χ1v) is 13.5. The van der Waals surface area contributed by atoms with Gasteiger partial charge in [0.1, 0.15) is 23.9 Å². The molecular formula is C31H29F3N6O2. The number of rotatable bonds is 7. The summed E-state index contributed by atoms with van der Waals surface area (Å²) in [5.74, 6) is -4.54. The second kappa shape index (κ2) is 12.0. The third-order valence-corrected chi connectivity index (χ3v) is 7.73. The Balaban J connectivity index is 1.50. The van der Waals surface area contributed by atoms with Gasteiger partial charge in [-0.25, -0.2) is 0 Å². The fraction of sp³-hybridized carbons (Fsp3) is 0.290. The van der Waals surface area contributed by atoms with Gasteiger partial charge in [-0.2, -0.15) is 18.4 Å². The molecule has 1 saturated heterocycles. The Morgan fingerprint density at radius 3 is 2.21 bits per heavy atom. The summed E-state index contributed by atoms with van der Waals surface area (Å²) in [4.78, 5) is 18.7. The number of nitrogens with zero attached hydrogens (tertiary/aromatic N) is 3. The van der Waals surface area contributed by atoms with Crippen molar-refractivity contribution in [1.82, 2.24) is 15.6 Å². The lowest BCUT2D eigenvalue weighted by Crippen LogP contribution is -2.55. The highest BCUT2D eigenvalue weighted by Crippen LogP contribution is 2.41. The number of benzene rings is 2. The first kappa shape index (κ1) is 28.8. The predicted molar refractivity (Wildman–Crippen MR) is 150 cm³/mol. The van der Waals surface area contributed by atoms with Crippen molar-refractivity contribution in [2.45, 2.75) is 31.2 Å². The van der Waals surface area contributed by atoms with Crippen molar-refractivity contribution < 1.29 is 23.1 Å². The van der Waals surface area contributed by atoms with Crippen LogP contribution in [0.5, 0.6) is 0 Å². The van der Waals surface area contributed by atoms with Gasteiger partial charge < -0.3 is 26.0 Å². The largest absolute Gasteiger partial charge is 0.398 e. The molecule has 0 bridgehead atoms. The van der Waals surface area contributed by atoms with Crippen molar-refractivity contribution in [3.05, 3.63) is 107 Å². The second-order valence-electron chi connectivity index (χ2n) is 10.4. The number of carbonyl (C=O) groups excluding carboxylic acids is 1. The smallest absolute Gasteiger partial charge is 0.382 e. The summed E-state index contributed by atoms with van der Waals surface area (Å²) in [5.41, 5.74) is 1.87. The normalized spacial score (nSPS) is 19.8. The van der Waals surface area contributed by atoms with Gasteiger partial charge in [-0.3, -0.25) is 9.78 Å². The number of anilines is 1. The van der Waals surface area contributed by atoms with Crippen molar-refractivity contribution in [2.24, 2.45) is 11.8 Å². The number of piperidine rings is 1. The molecule has 2 aliphatic heterocycles. The number of nitriles is 1. The zero-order valence-electron chi connectivity index (χ0n) is 22.5. The molecule has 1 aromatic heterocycles. The maximum absolute atomic E-state index is 14.5. The van der Waals surface area contributed by atoms with Gasteiger partial charge in [-0.15, -0.1) is 0 Å². The van der Waals surface area contributed by atoms with E-state index in [1.807, 2.05) is 71.6 Å². The quantitative estimate of drug-likeness (QED) is 0.309. The van der Waals surface area contributed by atoms with Crippen molar-refractivity contribution in [2.75, 3.05) is 18.0 Å². The summed E-state index contributed by atoms with van der Waals surface area (Å²) in [7, 11) is 0. The molecule has 0 spiro atoms. The zero-order valence-corrected chi connectivity index (χ0v) is 22.5. The monoisotopic (exact) mass is 574 g/mol. The summed E-state index contributed by atoms with van der Waals surface area (Å²) >= 11 is 0. The van der Waals surface area contributed by atoms with Gasteiger partial charge in [0.25, 0.3) is 5.91 Å². The van der Waals surface area contributed by atoms with Crippen molar-refractivity contribution >= 4 is 17.3 Å². The van der Waals surface area contributed by atoms with Crippen LogP contribution in [-0.4, -0.2) is 47.1 Å². The zero-order chi connectivity index (χ0) is 29.9. The van der Waals surface area contributed by atoms with Crippen LogP contribution in [0.15, 0.2) is 90.5 Å². The van der Waals surface area contributed by atoms with Crippen molar-refractivity contribution in [3.63, 3.8) is 0 Å². The molecule has 3 aromatic rings. The van der Waals surface area contributed by atoms with E-state index in [1.165, 1.54) is 6.20 Å². The van der Waals surface area contributed by atoms with Gasteiger partial charge >= 0.3 is 6.18 Å². The third-order valence-electron chi connectivity index (χ3n) is 7.73. The van der Waals surface area contributed by atoms with Crippen LogP contribution in [0.2, 0.25) is 0 Å². The molecule has 1 amide bonds. The highest BCUT2D eigenvalue weighted by Gasteiger charge is 2.54. The summed E-state index contributed by atoms with van der Waals surface area (Å²) in [5, 5.41) is 34.3. The molecule has 0 radical (unpaired) electrons. The van der Waals surface area contributed by atoms with Crippen LogP contribution in [0.3, 0.4) is 0 Å². The van der Waals surface area contributed by atoms with Crippen LogP contribution in [0.25, 0.3) is 0 Å². The van der Waals surface area contributed by atoms with Crippen LogP contribution >= 0.6 is 0 Å². The number of hydrogen-bond acceptors (Lipinski definition) is 7. The average Bonchev–Trinajstić information content (AvgIpc) is 3.01. The lowest BCUT2D eigenvalue weighted by atomic mass is 9.78. The Labute approximate surface area is 241 Å². The number of aromatic nitrogens is 1. The lowest BCUT2D eigenvalue weighted by Gasteiger charge is -2.39. The van der Waals surface area contributed by atoms with E-state index in [0.29, 0.717) is 31.5 Å². The number of pyridine rings is 1. The second-order valence-corrected chi connectivity index (χ2v) is 10.4. The standard InChI is InChI=1S/C31H29F3N6O2/c32-31(33,34)25-24(26(36)20-11-13-40(14-12-20)23-15-19(16-35)17-37-18-23)29(39-30(42)28(25)41)38-27(21-7-3-1-4-8-21)22-9-5-2-6-10-22/h1-10,15,17-18,20,25,27-28,36,38,41H,11-14H2,(H,39,42)/t25-,28-/m1/s1. The first-order valence-electron chi connectivity index (χ1n) is 13.5. The SMILES string of the molecule is N#Cc1cncc(N2CCC(C(=N)C3=C(NC(c4ccccc4)c4ccccc4)NC(=O)[C@H](O)[C@@H]3C(F)(F)F)CC2)c1. The van der Waals surface area contributed by atoms with E-state index in [-0.39, 0.29) is 11.5 Å². The average molecular weight is 575 g/mol. The number of nitrogens with one attached hydrogen (secondary N) is 3. The summed E-state index contributed by atoms with van der Waals surface area (Å²) in [6.45, 7) is 0.865.